The van der Waals surface area contributed by atoms with Gasteiger partial charge in [-0.2, -0.15) is 0 Å². The fourth-order valence-corrected chi connectivity index (χ4v) is 3.82. The summed E-state index contributed by atoms with van der Waals surface area (Å²) in [4.78, 5) is 8.24. The van der Waals surface area contributed by atoms with Crippen LogP contribution in [0, 0.1) is 5.92 Å². The van der Waals surface area contributed by atoms with Gasteiger partial charge in [-0.1, -0.05) is 20.8 Å². The van der Waals surface area contributed by atoms with Gasteiger partial charge >= 0.3 is 0 Å². The highest BCUT2D eigenvalue weighted by molar-refractivity contribution is 7.11. The number of hydrogen-bond acceptors (Lipinski definition) is 5. The second kappa shape index (κ2) is 7.86. The predicted octanol–water partition coefficient (Wildman–Crippen LogP) is 2.62. The molecule has 0 aromatic carbocycles. The van der Waals surface area contributed by atoms with Crippen LogP contribution in [0.25, 0.3) is 0 Å². The fourth-order valence-electron chi connectivity index (χ4n) is 2.88. The first-order valence-corrected chi connectivity index (χ1v) is 9.22. The lowest BCUT2D eigenvalue weighted by Gasteiger charge is -2.32. The Morgan fingerprint density at radius 1 is 1.41 bits per heavy atom. The first-order chi connectivity index (χ1) is 10.3. The van der Waals surface area contributed by atoms with Crippen molar-refractivity contribution in [1.29, 1.82) is 0 Å². The monoisotopic (exact) mass is 325 g/mol. The van der Waals surface area contributed by atoms with Crippen LogP contribution in [0.15, 0.2) is 6.20 Å². The number of likely N-dealkylation sites (tertiary alicyclic amines) is 1. The number of β-amino-alcohol motifs (C(OH)–C–C–N with tert-alkyl or cyclic N) is 1. The molecule has 1 aromatic rings. The molecule has 1 saturated heterocycles. The Morgan fingerprint density at radius 3 is 2.64 bits per heavy atom. The van der Waals surface area contributed by atoms with E-state index in [1.54, 1.807) is 0 Å². The van der Waals surface area contributed by atoms with E-state index in [9.17, 15) is 5.11 Å². The zero-order chi connectivity index (χ0) is 16.2. The average molecular weight is 326 g/mol. The molecule has 1 atom stereocenters. The van der Waals surface area contributed by atoms with Gasteiger partial charge in [0.05, 0.1) is 11.1 Å². The van der Waals surface area contributed by atoms with E-state index < -0.39 is 0 Å². The van der Waals surface area contributed by atoms with Crippen molar-refractivity contribution in [3.63, 3.8) is 0 Å². The van der Waals surface area contributed by atoms with Crippen molar-refractivity contribution in [2.24, 2.45) is 5.92 Å². The number of rotatable bonds is 6. The van der Waals surface area contributed by atoms with E-state index in [2.05, 4.69) is 36.0 Å². The SMILES string of the molecule is C[C@@H](O)CN1CCC(CNCc2cnc(C(C)(C)C)s2)CC1. The van der Waals surface area contributed by atoms with E-state index in [1.165, 1.54) is 22.7 Å². The van der Waals surface area contributed by atoms with Crippen LogP contribution in [0.1, 0.15) is 50.4 Å². The van der Waals surface area contributed by atoms with E-state index in [-0.39, 0.29) is 11.5 Å². The van der Waals surface area contributed by atoms with Gasteiger partial charge in [0.2, 0.25) is 0 Å². The molecule has 2 rings (SSSR count). The van der Waals surface area contributed by atoms with Gasteiger partial charge in [-0.25, -0.2) is 4.98 Å². The smallest absolute Gasteiger partial charge is 0.0981 e. The lowest BCUT2D eigenvalue weighted by Crippen LogP contribution is -2.40. The molecular weight excluding hydrogens is 294 g/mol. The van der Waals surface area contributed by atoms with Crippen molar-refractivity contribution in [2.75, 3.05) is 26.2 Å². The van der Waals surface area contributed by atoms with Gasteiger partial charge < -0.3 is 15.3 Å². The number of thiazole rings is 1. The largest absolute Gasteiger partial charge is 0.392 e. The van der Waals surface area contributed by atoms with Crippen LogP contribution in [0.4, 0.5) is 0 Å². The van der Waals surface area contributed by atoms with Gasteiger partial charge in [-0.15, -0.1) is 11.3 Å². The Labute approximate surface area is 138 Å². The maximum Gasteiger partial charge on any atom is 0.0981 e. The third-order valence-corrected chi connectivity index (χ3v) is 5.58. The highest BCUT2D eigenvalue weighted by Gasteiger charge is 2.20. The molecule has 22 heavy (non-hydrogen) atoms. The lowest BCUT2D eigenvalue weighted by atomic mass is 9.96. The van der Waals surface area contributed by atoms with Gasteiger partial charge in [0.1, 0.15) is 0 Å². The summed E-state index contributed by atoms with van der Waals surface area (Å²) in [5, 5.41) is 14.3. The van der Waals surface area contributed by atoms with Gasteiger partial charge in [0.15, 0.2) is 0 Å². The summed E-state index contributed by atoms with van der Waals surface area (Å²) in [7, 11) is 0. The number of nitrogens with one attached hydrogen (secondary N) is 1. The Kier molecular flexibility index (Phi) is 6.38. The molecule has 1 aliphatic heterocycles. The second-order valence-corrected chi connectivity index (χ2v) is 8.72. The maximum absolute atomic E-state index is 9.44. The van der Waals surface area contributed by atoms with Crippen LogP contribution in [0.2, 0.25) is 0 Å². The van der Waals surface area contributed by atoms with Crippen molar-refractivity contribution in [1.82, 2.24) is 15.2 Å². The molecule has 5 heteroatoms. The van der Waals surface area contributed by atoms with Crippen LogP contribution in [0.3, 0.4) is 0 Å². The van der Waals surface area contributed by atoms with Crippen LogP contribution in [-0.4, -0.2) is 47.3 Å². The summed E-state index contributed by atoms with van der Waals surface area (Å²) in [6.07, 6.45) is 4.27. The van der Waals surface area contributed by atoms with Gasteiger partial charge in [0, 0.05) is 29.6 Å². The standard InChI is InChI=1S/C17H31N3OS/c1-13(21)12-20-7-5-14(6-8-20)9-18-10-15-11-19-16(22-15)17(2,3)4/h11,13-14,18,21H,5-10,12H2,1-4H3/t13-/m1/s1. The highest BCUT2D eigenvalue weighted by atomic mass is 32.1. The Bertz CT molecular complexity index is 445. The highest BCUT2D eigenvalue weighted by Crippen LogP contribution is 2.26. The number of piperidine rings is 1. The Morgan fingerprint density at radius 2 is 2.09 bits per heavy atom. The van der Waals surface area contributed by atoms with E-state index in [0.717, 1.165) is 38.6 Å². The van der Waals surface area contributed by atoms with Crippen LogP contribution < -0.4 is 5.32 Å². The first-order valence-electron chi connectivity index (χ1n) is 8.41. The summed E-state index contributed by atoms with van der Waals surface area (Å²) >= 11 is 1.82. The van der Waals surface area contributed by atoms with Gasteiger partial charge in [-0.05, 0) is 45.3 Å². The third-order valence-electron chi connectivity index (χ3n) is 4.16. The summed E-state index contributed by atoms with van der Waals surface area (Å²) in [6.45, 7) is 13.6. The normalized spacial score (nSPS) is 19.5. The molecule has 4 nitrogen and oxygen atoms in total. The molecule has 0 amide bonds. The minimum absolute atomic E-state index is 0.152. The molecule has 2 heterocycles. The summed E-state index contributed by atoms with van der Waals surface area (Å²) < 4.78 is 0. The number of nitrogens with zero attached hydrogens (tertiary/aromatic N) is 2. The summed E-state index contributed by atoms with van der Waals surface area (Å²) in [5.41, 5.74) is 0.152. The first kappa shape index (κ1) is 17.9. The minimum Gasteiger partial charge on any atom is -0.392 e. The maximum atomic E-state index is 9.44. The molecule has 0 bridgehead atoms. The molecule has 0 saturated carbocycles. The predicted molar refractivity (Wildman–Crippen MR) is 93.4 cm³/mol. The molecule has 0 radical (unpaired) electrons. The molecular formula is C17H31N3OS. The average Bonchev–Trinajstić information content (AvgIpc) is 2.89. The molecule has 0 spiro atoms. The summed E-state index contributed by atoms with van der Waals surface area (Å²) in [6, 6.07) is 0. The van der Waals surface area contributed by atoms with E-state index in [4.69, 9.17) is 0 Å². The molecule has 1 aromatic heterocycles. The van der Waals surface area contributed by atoms with Crippen LogP contribution in [-0.2, 0) is 12.0 Å². The molecule has 2 N–H and O–H groups in total. The van der Waals surface area contributed by atoms with Crippen molar-refractivity contribution in [3.05, 3.63) is 16.1 Å². The van der Waals surface area contributed by atoms with Crippen molar-refractivity contribution in [2.45, 2.75) is 58.6 Å². The summed E-state index contributed by atoms with van der Waals surface area (Å²) in [5.74, 6) is 0.764. The number of hydrogen-bond donors (Lipinski definition) is 2. The van der Waals surface area contributed by atoms with Crippen molar-refractivity contribution >= 4 is 11.3 Å². The zero-order valence-corrected chi connectivity index (χ0v) is 15.2. The van der Waals surface area contributed by atoms with Gasteiger partial charge in [-0.3, -0.25) is 0 Å². The quantitative estimate of drug-likeness (QED) is 0.844. The topological polar surface area (TPSA) is 48.4 Å². The lowest BCUT2D eigenvalue weighted by molar-refractivity contribution is 0.0998. The van der Waals surface area contributed by atoms with Gasteiger partial charge in [0.25, 0.3) is 0 Å². The van der Waals surface area contributed by atoms with Crippen molar-refractivity contribution in [3.8, 4) is 0 Å². The molecule has 0 aliphatic carbocycles. The minimum atomic E-state index is -0.210. The zero-order valence-electron chi connectivity index (χ0n) is 14.4. The molecule has 1 fully saturated rings. The number of aliphatic hydroxyl groups is 1. The van der Waals surface area contributed by atoms with E-state index >= 15 is 0 Å². The van der Waals surface area contributed by atoms with E-state index in [0.29, 0.717) is 0 Å². The number of aromatic nitrogens is 1. The van der Waals surface area contributed by atoms with E-state index in [1.807, 2.05) is 24.5 Å². The van der Waals surface area contributed by atoms with Crippen LogP contribution >= 0.6 is 11.3 Å². The molecule has 126 valence electrons. The third kappa shape index (κ3) is 5.61. The fraction of sp³-hybridized carbons (Fsp3) is 0.824. The second-order valence-electron chi connectivity index (χ2n) is 7.61. The molecule has 0 unspecified atom stereocenters. The van der Waals surface area contributed by atoms with Crippen LogP contribution in [0.5, 0.6) is 0 Å². The molecule has 1 aliphatic rings. The Balaban J connectivity index is 1.66. The number of aliphatic hydroxyl groups excluding tert-OH is 1. The van der Waals surface area contributed by atoms with Crippen molar-refractivity contribution < 1.29 is 5.11 Å². The Hall–Kier alpha value is -0.490.